The highest BCUT2D eigenvalue weighted by molar-refractivity contribution is 4.65. The van der Waals surface area contributed by atoms with Gasteiger partial charge in [-0.2, -0.15) is 0 Å². The molecule has 90 valence electrons. The maximum Gasteiger partial charge on any atom is 0.000407 e. The second-order valence-electron chi connectivity index (χ2n) is 5.76. The smallest absolute Gasteiger partial charge is 0.000407 e. The molecular weight excluding hydrogens is 182 g/mol. The Balaban J connectivity index is 2.33. The van der Waals surface area contributed by atoms with Crippen molar-refractivity contribution in [3.8, 4) is 0 Å². The zero-order chi connectivity index (χ0) is 11.1. The van der Waals surface area contributed by atoms with Crippen molar-refractivity contribution in [2.75, 3.05) is 20.1 Å². The van der Waals surface area contributed by atoms with Gasteiger partial charge in [-0.1, -0.05) is 46.0 Å². The van der Waals surface area contributed by atoms with E-state index in [1.165, 1.54) is 58.0 Å². The summed E-state index contributed by atoms with van der Waals surface area (Å²) in [6.07, 6.45) is 10.1. The topological polar surface area (TPSA) is 3.24 Å². The van der Waals surface area contributed by atoms with Crippen LogP contribution in [0.2, 0.25) is 0 Å². The monoisotopic (exact) mass is 211 g/mol. The maximum absolute atomic E-state index is 2.53. The summed E-state index contributed by atoms with van der Waals surface area (Å²) in [5, 5.41) is 0. The predicted molar refractivity (Wildman–Crippen MR) is 68.1 cm³/mol. The quantitative estimate of drug-likeness (QED) is 0.587. The molecule has 0 radical (unpaired) electrons. The van der Waals surface area contributed by atoms with E-state index < -0.39 is 0 Å². The lowest BCUT2D eigenvalue weighted by molar-refractivity contribution is 0.247. The van der Waals surface area contributed by atoms with Crippen LogP contribution in [-0.4, -0.2) is 25.0 Å². The van der Waals surface area contributed by atoms with E-state index in [2.05, 4.69) is 25.8 Å². The molecule has 15 heavy (non-hydrogen) atoms. The number of rotatable bonds is 0. The molecule has 1 rings (SSSR count). The van der Waals surface area contributed by atoms with Gasteiger partial charge in [-0.15, -0.1) is 0 Å². The summed E-state index contributed by atoms with van der Waals surface area (Å²) in [5.74, 6) is 1.82. The van der Waals surface area contributed by atoms with Gasteiger partial charge in [0, 0.05) is 6.54 Å². The van der Waals surface area contributed by atoms with Gasteiger partial charge in [0.1, 0.15) is 0 Å². The van der Waals surface area contributed by atoms with Crippen LogP contribution in [0.5, 0.6) is 0 Å². The first-order valence-corrected chi connectivity index (χ1v) is 6.87. The molecule has 0 aromatic carbocycles. The highest BCUT2D eigenvalue weighted by atomic mass is 15.1. The molecule has 1 nitrogen and oxygen atoms in total. The lowest BCUT2D eigenvalue weighted by Crippen LogP contribution is -2.26. The van der Waals surface area contributed by atoms with Crippen molar-refractivity contribution in [1.82, 2.24) is 4.90 Å². The molecule has 0 N–H and O–H groups in total. The van der Waals surface area contributed by atoms with E-state index in [0.29, 0.717) is 0 Å². The normalized spacial score (nSPS) is 33.0. The van der Waals surface area contributed by atoms with Crippen molar-refractivity contribution in [2.24, 2.45) is 11.8 Å². The molecule has 0 amide bonds. The molecule has 2 unspecified atom stereocenters. The molecular formula is C14H29N. The molecule has 0 aromatic rings. The van der Waals surface area contributed by atoms with E-state index in [9.17, 15) is 0 Å². The average Bonchev–Trinajstić information content (AvgIpc) is 2.14. The number of hydrogen-bond acceptors (Lipinski definition) is 1. The van der Waals surface area contributed by atoms with Gasteiger partial charge in [0.05, 0.1) is 0 Å². The fourth-order valence-corrected chi connectivity index (χ4v) is 2.91. The van der Waals surface area contributed by atoms with Crippen molar-refractivity contribution < 1.29 is 0 Å². The Kier molecular flexibility index (Phi) is 6.31. The first-order valence-electron chi connectivity index (χ1n) is 6.87. The molecule has 0 aromatic heterocycles. The van der Waals surface area contributed by atoms with Crippen molar-refractivity contribution in [3.63, 3.8) is 0 Å². The minimum Gasteiger partial charge on any atom is -0.306 e. The van der Waals surface area contributed by atoms with Crippen LogP contribution in [-0.2, 0) is 0 Å². The molecule has 0 bridgehead atoms. The Hall–Kier alpha value is -0.0400. The Morgan fingerprint density at radius 2 is 1.53 bits per heavy atom. The van der Waals surface area contributed by atoms with Crippen LogP contribution < -0.4 is 0 Å². The molecule has 0 saturated carbocycles. The molecule has 0 spiro atoms. The minimum absolute atomic E-state index is 0.879. The van der Waals surface area contributed by atoms with Gasteiger partial charge in [-0.3, -0.25) is 0 Å². The van der Waals surface area contributed by atoms with E-state index in [1.807, 2.05) is 0 Å². The lowest BCUT2D eigenvalue weighted by atomic mass is 9.91. The van der Waals surface area contributed by atoms with Gasteiger partial charge in [0.2, 0.25) is 0 Å². The first kappa shape index (κ1) is 13.0. The van der Waals surface area contributed by atoms with Crippen molar-refractivity contribution in [1.29, 1.82) is 0 Å². The molecule has 1 heterocycles. The summed E-state index contributed by atoms with van der Waals surface area (Å²) < 4.78 is 0. The van der Waals surface area contributed by atoms with Crippen LogP contribution in [0.3, 0.4) is 0 Å². The molecule has 0 aliphatic carbocycles. The average molecular weight is 211 g/mol. The Bertz CT molecular complexity index is 139. The van der Waals surface area contributed by atoms with Gasteiger partial charge in [-0.25, -0.2) is 0 Å². The Morgan fingerprint density at radius 1 is 0.867 bits per heavy atom. The van der Waals surface area contributed by atoms with Crippen LogP contribution in [0, 0.1) is 11.8 Å². The van der Waals surface area contributed by atoms with E-state index in [4.69, 9.17) is 0 Å². The van der Waals surface area contributed by atoms with Crippen molar-refractivity contribution in [3.05, 3.63) is 0 Å². The third-order valence-electron chi connectivity index (χ3n) is 3.66. The standard InChI is InChI=1S/C14H29N/c1-13-9-7-5-4-6-8-10-15(3)12-14(2)11-13/h13-14H,4-12H2,1-3H3. The fourth-order valence-electron chi connectivity index (χ4n) is 2.91. The summed E-state index contributed by atoms with van der Waals surface area (Å²) in [6.45, 7) is 7.45. The Labute approximate surface area is 96.2 Å². The van der Waals surface area contributed by atoms with Crippen molar-refractivity contribution in [2.45, 2.75) is 58.8 Å². The van der Waals surface area contributed by atoms with Crippen LogP contribution in [0.25, 0.3) is 0 Å². The van der Waals surface area contributed by atoms with Crippen LogP contribution in [0.4, 0.5) is 0 Å². The highest BCUT2D eigenvalue weighted by Gasteiger charge is 2.11. The second-order valence-corrected chi connectivity index (χ2v) is 5.76. The summed E-state index contributed by atoms with van der Waals surface area (Å²) in [7, 11) is 2.28. The molecule has 1 fully saturated rings. The van der Waals surface area contributed by atoms with Gasteiger partial charge >= 0.3 is 0 Å². The van der Waals surface area contributed by atoms with Gasteiger partial charge < -0.3 is 4.90 Å². The van der Waals surface area contributed by atoms with Gasteiger partial charge in [-0.05, 0) is 38.3 Å². The SMILES string of the molecule is CC1CCCCCCCN(C)CC(C)C1. The molecule has 1 saturated heterocycles. The Morgan fingerprint density at radius 3 is 2.33 bits per heavy atom. The van der Waals surface area contributed by atoms with E-state index in [1.54, 1.807) is 0 Å². The van der Waals surface area contributed by atoms with Gasteiger partial charge in [0.15, 0.2) is 0 Å². The third-order valence-corrected chi connectivity index (χ3v) is 3.66. The largest absolute Gasteiger partial charge is 0.306 e. The lowest BCUT2D eigenvalue weighted by Gasteiger charge is -2.24. The van der Waals surface area contributed by atoms with E-state index in [-0.39, 0.29) is 0 Å². The summed E-state index contributed by atoms with van der Waals surface area (Å²) in [6, 6.07) is 0. The summed E-state index contributed by atoms with van der Waals surface area (Å²) in [5.41, 5.74) is 0. The first-order chi connectivity index (χ1) is 7.18. The maximum atomic E-state index is 2.53. The third kappa shape index (κ3) is 6.19. The summed E-state index contributed by atoms with van der Waals surface area (Å²) in [4.78, 5) is 2.53. The second kappa shape index (κ2) is 7.27. The summed E-state index contributed by atoms with van der Waals surface area (Å²) >= 11 is 0. The number of hydrogen-bond donors (Lipinski definition) is 0. The highest BCUT2D eigenvalue weighted by Crippen LogP contribution is 2.20. The number of nitrogens with zero attached hydrogens (tertiary/aromatic N) is 1. The van der Waals surface area contributed by atoms with Crippen LogP contribution in [0.15, 0.2) is 0 Å². The molecule has 2 atom stereocenters. The molecule has 1 heteroatoms. The van der Waals surface area contributed by atoms with E-state index >= 15 is 0 Å². The van der Waals surface area contributed by atoms with Crippen LogP contribution in [0.1, 0.15) is 58.8 Å². The van der Waals surface area contributed by atoms with E-state index in [0.717, 1.165) is 11.8 Å². The zero-order valence-corrected chi connectivity index (χ0v) is 11.0. The zero-order valence-electron chi connectivity index (χ0n) is 11.0. The fraction of sp³-hybridized carbons (Fsp3) is 1.00. The minimum atomic E-state index is 0.879. The molecule has 1 aliphatic heterocycles. The van der Waals surface area contributed by atoms with Gasteiger partial charge in [0.25, 0.3) is 0 Å². The van der Waals surface area contributed by atoms with Crippen molar-refractivity contribution >= 4 is 0 Å². The predicted octanol–water partition coefficient (Wildman–Crippen LogP) is 3.93. The molecule has 1 aliphatic rings. The van der Waals surface area contributed by atoms with Crippen LogP contribution >= 0.6 is 0 Å².